The molecule has 0 aromatic heterocycles. The van der Waals surface area contributed by atoms with Gasteiger partial charge >= 0.3 is 7.82 Å². The maximum Gasteiger partial charge on any atom is 0.472 e. The van der Waals surface area contributed by atoms with E-state index >= 15 is 0 Å². The number of likely N-dealkylation sites (N-methyl/N-ethyl adjacent to an activating group) is 1. The van der Waals surface area contributed by atoms with E-state index in [0.717, 1.165) is 38.5 Å². The van der Waals surface area contributed by atoms with Crippen molar-refractivity contribution in [3.63, 3.8) is 0 Å². The van der Waals surface area contributed by atoms with Crippen LogP contribution in [-0.4, -0.2) is 73.4 Å². The van der Waals surface area contributed by atoms with Crippen LogP contribution in [0.5, 0.6) is 0 Å². The second-order valence-corrected chi connectivity index (χ2v) is 19.3. The maximum atomic E-state index is 12.9. The fourth-order valence-corrected chi connectivity index (χ4v) is 7.77. The van der Waals surface area contributed by atoms with Gasteiger partial charge in [-0.1, -0.05) is 199 Å². The van der Waals surface area contributed by atoms with Crippen molar-refractivity contribution in [1.29, 1.82) is 0 Å². The Morgan fingerprint density at radius 3 is 1.35 bits per heavy atom. The van der Waals surface area contributed by atoms with Crippen LogP contribution in [0.3, 0.4) is 0 Å². The largest absolute Gasteiger partial charge is 0.472 e. The van der Waals surface area contributed by atoms with Crippen LogP contribution in [0.15, 0.2) is 24.3 Å². The molecule has 0 fully saturated rings. The number of phosphoric acid groups is 1. The number of hydrogen-bond donors (Lipinski definition) is 3. The maximum absolute atomic E-state index is 12.9. The van der Waals surface area contributed by atoms with Crippen LogP contribution in [-0.2, 0) is 18.4 Å². The molecule has 0 aromatic carbocycles. The number of rotatable bonds is 44. The van der Waals surface area contributed by atoms with Gasteiger partial charge in [-0.05, 0) is 44.9 Å². The smallest absolute Gasteiger partial charge is 0.387 e. The monoisotopic (exact) mass is 828 g/mol. The van der Waals surface area contributed by atoms with Gasteiger partial charge in [-0.25, -0.2) is 4.57 Å². The van der Waals surface area contributed by atoms with Gasteiger partial charge in [-0.15, -0.1) is 0 Å². The third kappa shape index (κ3) is 42.9. The fraction of sp³-hybridized carbons (Fsp3) is 0.896. The van der Waals surface area contributed by atoms with E-state index in [2.05, 4.69) is 31.3 Å². The third-order valence-electron chi connectivity index (χ3n) is 10.9. The van der Waals surface area contributed by atoms with E-state index in [1.54, 1.807) is 6.08 Å². The summed E-state index contributed by atoms with van der Waals surface area (Å²) >= 11 is 0. The van der Waals surface area contributed by atoms with Crippen molar-refractivity contribution < 1.29 is 32.9 Å². The van der Waals surface area contributed by atoms with Crippen molar-refractivity contribution in [2.45, 2.75) is 238 Å². The van der Waals surface area contributed by atoms with Crippen LogP contribution >= 0.6 is 7.82 Å². The minimum absolute atomic E-state index is 0.0621. The van der Waals surface area contributed by atoms with Crippen molar-refractivity contribution in [1.82, 2.24) is 5.32 Å². The molecule has 57 heavy (non-hydrogen) atoms. The first-order chi connectivity index (χ1) is 27.5. The van der Waals surface area contributed by atoms with Crippen LogP contribution in [0.1, 0.15) is 226 Å². The zero-order valence-corrected chi connectivity index (χ0v) is 39.2. The Bertz CT molecular complexity index is 984. The second-order valence-electron chi connectivity index (χ2n) is 17.8. The Labute approximate surface area is 354 Å². The standard InChI is InChI=1S/C48H95N2O6P/c1-6-8-10-12-14-16-17-18-19-20-21-22-23-24-25-26-27-28-29-30-31-32-34-36-38-40-42-48(52)49-46(45-56-57(53,54)55-44-43-50(3,4)5)47(51)41-39-37-35-33-15-13-11-9-7-2/h24-25,39,41,46-47,51H,6-23,26-38,40,42-45H2,1-5H3,(H-,49,52,53,54)/p+1/b25-24-,41-39+. The van der Waals surface area contributed by atoms with E-state index in [1.807, 2.05) is 27.2 Å². The van der Waals surface area contributed by atoms with Gasteiger partial charge in [0.1, 0.15) is 13.2 Å². The Balaban J connectivity index is 4.10. The normalized spacial score (nSPS) is 14.4. The van der Waals surface area contributed by atoms with Gasteiger partial charge in [-0.2, -0.15) is 0 Å². The van der Waals surface area contributed by atoms with E-state index in [1.165, 1.54) is 167 Å². The minimum atomic E-state index is -4.33. The fourth-order valence-electron chi connectivity index (χ4n) is 7.04. The zero-order chi connectivity index (χ0) is 42.1. The summed E-state index contributed by atoms with van der Waals surface area (Å²) in [6.45, 7) is 4.79. The summed E-state index contributed by atoms with van der Waals surface area (Å²) in [4.78, 5) is 23.1. The number of aliphatic hydroxyl groups is 1. The number of nitrogens with one attached hydrogen (secondary N) is 1. The van der Waals surface area contributed by atoms with Crippen molar-refractivity contribution in [2.24, 2.45) is 0 Å². The lowest BCUT2D eigenvalue weighted by molar-refractivity contribution is -0.870. The first-order valence-corrected chi connectivity index (χ1v) is 25.7. The molecule has 0 radical (unpaired) electrons. The molecule has 0 heterocycles. The van der Waals surface area contributed by atoms with Gasteiger partial charge in [0.15, 0.2) is 0 Å². The summed E-state index contributed by atoms with van der Waals surface area (Å²) in [6.07, 6.45) is 48.4. The number of allylic oxidation sites excluding steroid dienone is 3. The van der Waals surface area contributed by atoms with Crippen molar-refractivity contribution in [2.75, 3.05) is 40.9 Å². The molecule has 9 heteroatoms. The molecule has 0 spiro atoms. The van der Waals surface area contributed by atoms with Crippen molar-refractivity contribution >= 4 is 13.7 Å². The lowest BCUT2D eigenvalue weighted by atomic mass is 10.0. The lowest BCUT2D eigenvalue weighted by Crippen LogP contribution is -2.45. The number of amides is 1. The predicted molar refractivity (Wildman–Crippen MR) is 245 cm³/mol. The molecule has 3 atom stereocenters. The second kappa shape index (κ2) is 40.4. The Morgan fingerprint density at radius 1 is 0.579 bits per heavy atom. The van der Waals surface area contributed by atoms with E-state index in [0.29, 0.717) is 17.4 Å². The summed E-state index contributed by atoms with van der Waals surface area (Å²) in [6, 6.07) is -0.842. The highest BCUT2D eigenvalue weighted by atomic mass is 31.2. The summed E-state index contributed by atoms with van der Waals surface area (Å²) in [5.74, 6) is -0.180. The van der Waals surface area contributed by atoms with Crippen LogP contribution in [0.25, 0.3) is 0 Å². The Hall–Kier alpha value is -1.02. The van der Waals surface area contributed by atoms with Crippen LogP contribution < -0.4 is 5.32 Å². The molecule has 0 aliphatic heterocycles. The highest BCUT2D eigenvalue weighted by Gasteiger charge is 2.27. The van der Waals surface area contributed by atoms with E-state index in [4.69, 9.17) is 9.05 Å². The molecule has 0 aliphatic carbocycles. The van der Waals surface area contributed by atoms with Crippen LogP contribution in [0.2, 0.25) is 0 Å². The molecule has 0 aromatic rings. The molecule has 3 unspecified atom stereocenters. The molecule has 338 valence electrons. The van der Waals surface area contributed by atoms with Gasteiger partial charge in [0.05, 0.1) is 39.9 Å². The number of aliphatic hydroxyl groups excluding tert-OH is 1. The quantitative estimate of drug-likeness (QED) is 0.0244. The van der Waals surface area contributed by atoms with Crippen molar-refractivity contribution in [3.05, 3.63) is 24.3 Å². The van der Waals surface area contributed by atoms with Crippen molar-refractivity contribution in [3.8, 4) is 0 Å². The molecule has 1 amide bonds. The molecule has 0 saturated heterocycles. The predicted octanol–water partition coefficient (Wildman–Crippen LogP) is 13.7. The molecule has 0 aliphatic rings. The highest BCUT2D eigenvalue weighted by molar-refractivity contribution is 7.47. The van der Waals surface area contributed by atoms with Gasteiger partial charge in [0.25, 0.3) is 0 Å². The zero-order valence-electron chi connectivity index (χ0n) is 38.3. The van der Waals surface area contributed by atoms with Crippen LogP contribution in [0, 0.1) is 0 Å². The summed E-state index contributed by atoms with van der Waals surface area (Å²) in [7, 11) is 1.57. The molecule has 0 rings (SSSR count). The van der Waals surface area contributed by atoms with Gasteiger partial charge < -0.3 is 19.8 Å². The topological polar surface area (TPSA) is 105 Å². The number of nitrogens with zero attached hydrogens (tertiary/aromatic N) is 1. The summed E-state index contributed by atoms with van der Waals surface area (Å²) in [5, 5.41) is 13.8. The number of unbranched alkanes of at least 4 members (excludes halogenated alkanes) is 29. The number of phosphoric ester groups is 1. The molecular weight excluding hydrogens is 732 g/mol. The van der Waals surface area contributed by atoms with E-state index in [9.17, 15) is 19.4 Å². The highest BCUT2D eigenvalue weighted by Crippen LogP contribution is 2.43. The molecule has 0 saturated carbocycles. The SMILES string of the molecule is CCCCCCCCC/C=C/C(O)C(COP(=O)(O)OCC[N+](C)(C)C)NC(=O)CCCCCCCCCCCC/C=C\CCCCCCCCCCCCCC. The summed E-state index contributed by atoms with van der Waals surface area (Å²) in [5.41, 5.74) is 0. The average Bonchev–Trinajstić information content (AvgIpc) is 3.16. The first kappa shape index (κ1) is 56.0. The molecule has 8 nitrogen and oxygen atoms in total. The third-order valence-corrected chi connectivity index (χ3v) is 11.9. The number of carbonyl (C=O) groups is 1. The first-order valence-electron chi connectivity index (χ1n) is 24.2. The van der Waals surface area contributed by atoms with E-state index in [-0.39, 0.29) is 19.1 Å². The van der Waals surface area contributed by atoms with Crippen LogP contribution in [0.4, 0.5) is 0 Å². The minimum Gasteiger partial charge on any atom is -0.387 e. The summed E-state index contributed by atoms with van der Waals surface area (Å²) < 4.78 is 23.5. The molecule has 3 N–H and O–H groups in total. The van der Waals surface area contributed by atoms with E-state index < -0.39 is 20.0 Å². The average molecular weight is 828 g/mol. The van der Waals surface area contributed by atoms with Gasteiger partial charge in [-0.3, -0.25) is 13.8 Å². The Morgan fingerprint density at radius 2 is 0.947 bits per heavy atom. The number of hydrogen-bond acceptors (Lipinski definition) is 5. The van der Waals surface area contributed by atoms with Gasteiger partial charge in [0.2, 0.25) is 5.91 Å². The number of carbonyl (C=O) groups excluding carboxylic acids is 1. The molecular formula is C48H96N2O6P+. The lowest BCUT2D eigenvalue weighted by Gasteiger charge is -2.25. The number of quaternary nitrogens is 1. The molecule has 0 bridgehead atoms. The Kier molecular flexibility index (Phi) is 39.7. The van der Waals surface area contributed by atoms with Gasteiger partial charge in [0, 0.05) is 6.42 Å².